The summed E-state index contributed by atoms with van der Waals surface area (Å²) in [6.45, 7) is 7.27. The van der Waals surface area contributed by atoms with Gasteiger partial charge in [0.15, 0.2) is 0 Å². The van der Waals surface area contributed by atoms with Gasteiger partial charge in [-0.1, -0.05) is 33.1 Å². The number of nitrogen functional groups attached to an aromatic ring is 1. The maximum absolute atomic E-state index is 13.1. The number of anilines is 1. The van der Waals surface area contributed by atoms with Gasteiger partial charge in [-0.25, -0.2) is 0 Å². The number of halogens is 3. The molecule has 0 aromatic heterocycles. The van der Waals surface area contributed by atoms with Crippen molar-refractivity contribution in [1.82, 2.24) is 9.80 Å². The van der Waals surface area contributed by atoms with Gasteiger partial charge in [-0.3, -0.25) is 4.79 Å². The molecule has 2 unspecified atom stereocenters. The van der Waals surface area contributed by atoms with E-state index >= 15 is 0 Å². The zero-order valence-electron chi connectivity index (χ0n) is 19.5. The number of nitrogens with zero attached hydrogens (tertiary/aromatic N) is 2. The molecule has 2 aliphatic heterocycles. The lowest BCUT2D eigenvalue weighted by atomic mass is 9.94. The predicted molar refractivity (Wildman–Crippen MR) is 122 cm³/mol. The van der Waals surface area contributed by atoms with Gasteiger partial charge in [-0.2, -0.15) is 13.2 Å². The molecular formula is C25H38F3N3O. The number of likely N-dealkylation sites (tertiary alicyclic amines) is 1. The van der Waals surface area contributed by atoms with Crippen LogP contribution in [0.25, 0.3) is 0 Å². The van der Waals surface area contributed by atoms with Crippen LogP contribution in [0, 0.1) is 5.92 Å². The minimum atomic E-state index is -4.43. The van der Waals surface area contributed by atoms with Gasteiger partial charge in [-0.05, 0) is 74.9 Å². The third-order valence-corrected chi connectivity index (χ3v) is 6.92. The van der Waals surface area contributed by atoms with Crippen LogP contribution in [0.5, 0.6) is 0 Å². The van der Waals surface area contributed by atoms with Gasteiger partial charge < -0.3 is 15.5 Å². The summed E-state index contributed by atoms with van der Waals surface area (Å²) in [5.41, 5.74) is 6.64. The normalized spacial score (nSPS) is 24.3. The van der Waals surface area contributed by atoms with E-state index in [1.807, 2.05) is 0 Å². The maximum Gasteiger partial charge on any atom is 0.416 e. The van der Waals surface area contributed by atoms with Crippen LogP contribution in [0.1, 0.15) is 81.9 Å². The number of alkyl halides is 3. The van der Waals surface area contributed by atoms with Gasteiger partial charge in [0.25, 0.3) is 0 Å². The Hall–Kier alpha value is -1.76. The zero-order chi connectivity index (χ0) is 23.3. The van der Waals surface area contributed by atoms with Gasteiger partial charge in [-0.15, -0.1) is 0 Å². The van der Waals surface area contributed by atoms with E-state index in [0.717, 1.165) is 44.0 Å². The largest absolute Gasteiger partial charge is 0.416 e. The molecule has 3 aliphatic rings. The highest BCUT2D eigenvalue weighted by Gasteiger charge is 2.37. The Morgan fingerprint density at radius 1 is 1.06 bits per heavy atom. The molecule has 2 heterocycles. The highest BCUT2D eigenvalue weighted by molar-refractivity contribution is 5.79. The first-order valence-corrected chi connectivity index (χ1v) is 12.3. The smallest absolute Gasteiger partial charge is 0.398 e. The molecule has 1 aromatic rings. The summed E-state index contributed by atoms with van der Waals surface area (Å²) >= 11 is 0. The van der Waals surface area contributed by atoms with Crippen LogP contribution < -0.4 is 5.73 Å². The Morgan fingerprint density at radius 2 is 1.72 bits per heavy atom. The molecular weight excluding hydrogens is 415 g/mol. The second kappa shape index (κ2) is 10.9. The van der Waals surface area contributed by atoms with Crippen LogP contribution in [0.2, 0.25) is 0 Å². The van der Waals surface area contributed by atoms with Crippen LogP contribution in [0.4, 0.5) is 18.9 Å². The van der Waals surface area contributed by atoms with E-state index in [0.29, 0.717) is 24.6 Å². The molecule has 0 bridgehead atoms. The van der Waals surface area contributed by atoms with Crippen molar-refractivity contribution in [3.8, 4) is 0 Å². The standard InChI is InChI=1S/C22H30F3N3O.C3H8/c23-22(24,25)17-11-16-14-28(10-7-19(16)20(26)13-17)21(29)15-5-6-18(12-15)27-8-3-1-2-4-9-27;1-3-2/h11,13,15,18H,1-10,12,14,26H2;3H2,1-2H3. The number of carbonyl (C=O) groups excluding carboxylic acids is 1. The van der Waals surface area contributed by atoms with Crippen LogP contribution in [-0.4, -0.2) is 41.4 Å². The quantitative estimate of drug-likeness (QED) is 0.590. The Morgan fingerprint density at radius 3 is 2.34 bits per heavy atom. The molecule has 2 atom stereocenters. The molecule has 180 valence electrons. The molecule has 4 nitrogen and oxygen atoms in total. The molecule has 0 radical (unpaired) electrons. The zero-order valence-corrected chi connectivity index (χ0v) is 19.5. The molecule has 2 N–H and O–H groups in total. The van der Waals surface area contributed by atoms with Crippen LogP contribution >= 0.6 is 0 Å². The first-order valence-electron chi connectivity index (χ1n) is 12.3. The first-order chi connectivity index (χ1) is 15.2. The van der Waals surface area contributed by atoms with Gasteiger partial charge in [0.2, 0.25) is 5.91 Å². The van der Waals surface area contributed by atoms with E-state index in [9.17, 15) is 18.0 Å². The maximum atomic E-state index is 13.1. The highest BCUT2D eigenvalue weighted by atomic mass is 19.4. The summed E-state index contributed by atoms with van der Waals surface area (Å²) < 4.78 is 39.4. The summed E-state index contributed by atoms with van der Waals surface area (Å²) in [6, 6.07) is 2.66. The third-order valence-electron chi connectivity index (χ3n) is 6.92. The molecule has 7 heteroatoms. The topological polar surface area (TPSA) is 49.6 Å². The Balaban J connectivity index is 0.000000913. The summed E-state index contributed by atoms with van der Waals surface area (Å²) in [7, 11) is 0. The van der Waals surface area contributed by atoms with Crippen molar-refractivity contribution in [2.45, 2.75) is 90.4 Å². The monoisotopic (exact) mass is 453 g/mol. The lowest BCUT2D eigenvalue weighted by molar-refractivity contribution is -0.137. The minimum Gasteiger partial charge on any atom is -0.398 e. The number of hydrogen-bond donors (Lipinski definition) is 1. The summed E-state index contributed by atoms with van der Waals surface area (Å²) in [5, 5.41) is 0. The second-order valence-electron chi connectivity index (χ2n) is 9.53. The molecule has 4 rings (SSSR count). The van der Waals surface area contributed by atoms with E-state index in [4.69, 9.17) is 5.73 Å². The van der Waals surface area contributed by atoms with Crippen molar-refractivity contribution in [2.75, 3.05) is 25.4 Å². The molecule has 2 fully saturated rings. The lowest BCUT2D eigenvalue weighted by Gasteiger charge is -2.32. The fourth-order valence-corrected chi connectivity index (χ4v) is 5.32. The number of amides is 1. The second-order valence-corrected chi connectivity index (χ2v) is 9.53. The SMILES string of the molecule is CCC.Nc1cc(C(F)(F)F)cc2c1CCN(C(=O)C1CCC(N3CCCCCC3)C1)C2. The number of carbonyl (C=O) groups is 1. The van der Waals surface area contributed by atoms with Crippen LogP contribution in [0.15, 0.2) is 12.1 Å². The van der Waals surface area contributed by atoms with E-state index in [2.05, 4.69) is 18.7 Å². The number of nitrogens with two attached hydrogens (primary N) is 1. The van der Waals surface area contributed by atoms with Gasteiger partial charge in [0, 0.05) is 30.7 Å². The van der Waals surface area contributed by atoms with E-state index in [1.165, 1.54) is 38.2 Å². The van der Waals surface area contributed by atoms with Crippen molar-refractivity contribution in [3.05, 3.63) is 28.8 Å². The molecule has 1 aliphatic carbocycles. The fraction of sp³-hybridized carbons (Fsp3) is 0.720. The number of fused-ring (bicyclic) bond motifs is 1. The van der Waals surface area contributed by atoms with Crippen molar-refractivity contribution in [1.29, 1.82) is 0 Å². The molecule has 1 amide bonds. The minimum absolute atomic E-state index is 0.00653. The number of benzene rings is 1. The van der Waals surface area contributed by atoms with E-state index < -0.39 is 11.7 Å². The molecule has 1 saturated heterocycles. The highest BCUT2D eigenvalue weighted by Crippen LogP contribution is 2.37. The van der Waals surface area contributed by atoms with Gasteiger partial charge in [0.1, 0.15) is 0 Å². The molecule has 0 spiro atoms. The lowest BCUT2D eigenvalue weighted by Crippen LogP contribution is -2.40. The van der Waals surface area contributed by atoms with Crippen molar-refractivity contribution in [3.63, 3.8) is 0 Å². The fourth-order valence-electron chi connectivity index (χ4n) is 5.32. The average Bonchev–Trinajstić information content (AvgIpc) is 3.08. The van der Waals surface area contributed by atoms with Crippen LogP contribution in [-0.2, 0) is 23.9 Å². The summed E-state index contributed by atoms with van der Waals surface area (Å²) in [6.07, 6.45) is 5.22. The van der Waals surface area contributed by atoms with Gasteiger partial charge in [0.05, 0.1) is 5.56 Å². The van der Waals surface area contributed by atoms with Gasteiger partial charge >= 0.3 is 6.18 Å². The average molecular weight is 454 g/mol. The van der Waals surface area contributed by atoms with E-state index in [-0.39, 0.29) is 24.1 Å². The Bertz CT molecular complexity index is 772. The van der Waals surface area contributed by atoms with Crippen molar-refractivity contribution >= 4 is 11.6 Å². The Labute approximate surface area is 190 Å². The number of rotatable bonds is 2. The summed E-state index contributed by atoms with van der Waals surface area (Å²) in [4.78, 5) is 17.4. The Kier molecular flexibility index (Phi) is 8.48. The predicted octanol–water partition coefficient (Wildman–Crippen LogP) is 5.63. The van der Waals surface area contributed by atoms with E-state index in [1.54, 1.807) is 4.90 Å². The molecule has 32 heavy (non-hydrogen) atoms. The number of hydrogen-bond acceptors (Lipinski definition) is 3. The summed E-state index contributed by atoms with van der Waals surface area (Å²) in [5.74, 6) is 0.0944. The molecule has 1 aromatic carbocycles. The van der Waals surface area contributed by atoms with Crippen molar-refractivity contribution < 1.29 is 18.0 Å². The van der Waals surface area contributed by atoms with Crippen molar-refractivity contribution in [2.24, 2.45) is 5.92 Å². The third kappa shape index (κ3) is 5.97. The van der Waals surface area contributed by atoms with Crippen LogP contribution in [0.3, 0.4) is 0 Å². The first kappa shape index (κ1) is 24.9. The molecule has 1 saturated carbocycles.